The van der Waals surface area contributed by atoms with E-state index in [-0.39, 0.29) is 11.8 Å². The largest absolute Gasteiger partial charge is 0.419 e. The second kappa shape index (κ2) is 7.88. The first kappa shape index (κ1) is 17.7. The smallest absolute Gasteiger partial charge is 0.266 e. The number of rotatable bonds is 4. The number of pyridine rings is 1. The van der Waals surface area contributed by atoms with Gasteiger partial charge in [0, 0.05) is 24.3 Å². The molecule has 0 N–H and O–H groups in total. The summed E-state index contributed by atoms with van der Waals surface area (Å²) in [5.74, 6) is 1.11. The summed E-state index contributed by atoms with van der Waals surface area (Å²) in [7, 11) is 0. The van der Waals surface area contributed by atoms with Gasteiger partial charge in [-0.15, -0.1) is 10.2 Å². The maximum atomic E-state index is 12.7. The monoisotopic (exact) mass is 382 g/mol. The van der Waals surface area contributed by atoms with Crippen LogP contribution in [-0.2, 0) is 11.2 Å². The van der Waals surface area contributed by atoms with Crippen molar-refractivity contribution in [1.29, 1.82) is 0 Å². The molecule has 1 amide bonds. The molecule has 1 fully saturated rings. The fourth-order valence-corrected chi connectivity index (χ4v) is 3.54. The highest BCUT2D eigenvalue weighted by Gasteiger charge is 2.28. The molecule has 2 aromatic heterocycles. The van der Waals surface area contributed by atoms with Gasteiger partial charge in [-0.3, -0.25) is 9.78 Å². The van der Waals surface area contributed by atoms with E-state index < -0.39 is 0 Å². The minimum absolute atomic E-state index is 0.0482. The second-order valence-electron chi connectivity index (χ2n) is 6.65. The first-order valence-corrected chi connectivity index (χ1v) is 9.34. The lowest BCUT2D eigenvalue weighted by molar-refractivity contribution is -0.131. The van der Waals surface area contributed by atoms with Gasteiger partial charge in [0.15, 0.2) is 0 Å². The molecule has 138 valence electrons. The SMILES string of the molecule is O=C(Cc1cccc(Cl)c1)N1CCCC(c2nnc(-c3ccccn3)o2)C1. The van der Waals surface area contributed by atoms with Crippen LogP contribution in [0.5, 0.6) is 0 Å². The first-order valence-electron chi connectivity index (χ1n) is 8.96. The van der Waals surface area contributed by atoms with E-state index in [0.29, 0.717) is 35.5 Å². The Bertz CT molecular complexity index is 928. The van der Waals surface area contributed by atoms with Crippen LogP contribution in [0.4, 0.5) is 0 Å². The van der Waals surface area contributed by atoms with Crippen molar-refractivity contribution >= 4 is 17.5 Å². The molecule has 7 heteroatoms. The fraction of sp³-hybridized carbons (Fsp3) is 0.300. The molecule has 1 aliphatic heterocycles. The second-order valence-corrected chi connectivity index (χ2v) is 7.08. The normalized spacial score (nSPS) is 17.1. The predicted octanol–water partition coefficient (Wildman–Crippen LogP) is 3.73. The van der Waals surface area contributed by atoms with Crippen LogP contribution in [0.3, 0.4) is 0 Å². The van der Waals surface area contributed by atoms with E-state index >= 15 is 0 Å². The highest BCUT2D eigenvalue weighted by atomic mass is 35.5. The summed E-state index contributed by atoms with van der Waals surface area (Å²) in [5.41, 5.74) is 1.57. The molecule has 1 atom stereocenters. The van der Waals surface area contributed by atoms with E-state index in [1.807, 2.05) is 41.3 Å². The average molecular weight is 383 g/mol. The molecule has 0 bridgehead atoms. The van der Waals surface area contributed by atoms with Crippen LogP contribution in [0, 0.1) is 0 Å². The molecule has 0 spiro atoms. The van der Waals surface area contributed by atoms with Crippen molar-refractivity contribution in [3.63, 3.8) is 0 Å². The summed E-state index contributed by atoms with van der Waals surface area (Å²) in [6.07, 6.45) is 3.87. The lowest BCUT2D eigenvalue weighted by Gasteiger charge is -2.31. The average Bonchev–Trinajstić information content (AvgIpc) is 3.19. The zero-order valence-corrected chi connectivity index (χ0v) is 15.5. The molecular formula is C20H19ClN4O2. The van der Waals surface area contributed by atoms with Gasteiger partial charge in [-0.25, -0.2) is 0 Å². The van der Waals surface area contributed by atoms with E-state index in [1.165, 1.54) is 0 Å². The third-order valence-electron chi connectivity index (χ3n) is 4.69. The maximum Gasteiger partial charge on any atom is 0.266 e. The van der Waals surface area contributed by atoms with E-state index in [0.717, 1.165) is 24.9 Å². The summed E-state index contributed by atoms with van der Waals surface area (Å²) in [6, 6.07) is 13.0. The molecule has 4 rings (SSSR count). The summed E-state index contributed by atoms with van der Waals surface area (Å²) >= 11 is 6.01. The standard InChI is InChI=1S/C20H19ClN4O2/c21-16-7-3-5-14(11-16)12-18(26)25-10-4-6-15(13-25)19-23-24-20(27-19)17-8-1-2-9-22-17/h1-3,5,7-9,11,15H,4,6,10,12-13H2. The Morgan fingerprint density at radius 1 is 1.22 bits per heavy atom. The Hall–Kier alpha value is -2.73. The Kier molecular flexibility index (Phi) is 5.16. The van der Waals surface area contributed by atoms with Crippen LogP contribution in [-0.4, -0.2) is 39.1 Å². The van der Waals surface area contributed by atoms with Gasteiger partial charge in [-0.05, 0) is 42.7 Å². The Balaban J connectivity index is 1.44. The van der Waals surface area contributed by atoms with Crippen molar-refractivity contribution in [2.75, 3.05) is 13.1 Å². The van der Waals surface area contributed by atoms with Crippen LogP contribution < -0.4 is 0 Å². The van der Waals surface area contributed by atoms with E-state index in [2.05, 4.69) is 15.2 Å². The van der Waals surface area contributed by atoms with Crippen molar-refractivity contribution < 1.29 is 9.21 Å². The van der Waals surface area contributed by atoms with Crippen molar-refractivity contribution in [3.05, 3.63) is 65.1 Å². The highest BCUT2D eigenvalue weighted by molar-refractivity contribution is 6.30. The van der Waals surface area contributed by atoms with Gasteiger partial charge < -0.3 is 9.32 Å². The molecule has 0 saturated carbocycles. The number of hydrogen-bond donors (Lipinski definition) is 0. The lowest BCUT2D eigenvalue weighted by atomic mass is 9.97. The predicted molar refractivity (Wildman–Crippen MR) is 101 cm³/mol. The van der Waals surface area contributed by atoms with Crippen LogP contribution in [0.15, 0.2) is 53.1 Å². The molecular weight excluding hydrogens is 364 g/mol. The number of likely N-dealkylation sites (tertiary alicyclic amines) is 1. The number of amides is 1. The number of halogens is 1. The Morgan fingerprint density at radius 3 is 2.96 bits per heavy atom. The number of benzene rings is 1. The van der Waals surface area contributed by atoms with Gasteiger partial charge >= 0.3 is 0 Å². The first-order chi connectivity index (χ1) is 13.2. The van der Waals surface area contributed by atoms with Crippen LogP contribution in [0.1, 0.15) is 30.2 Å². The van der Waals surface area contributed by atoms with Gasteiger partial charge in [0.2, 0.25) is 11.8 Å². The Labute approximate surface area is 162 Å². The number of aromatic nitrogens is 3. The molecule has 1 aromatic carbocycles. The molecule has 0 radical (unpaired) electrons. The summed E-state index contributed by atoms with van der Waals surface area (Å²) in [4.78, 5) is 18.8. The van der Waals surface area contributed by atoms with E-state index in [4.69, 9.17) is 16.0 Å². The van der Waals surface area contributed by atoms with E-state index in [1.54, 1.807) is 12.3 Å². The van der Waals surface area contributed by atoms with Crippen molar-refractivity contribution in [1.82, 2.24) is 20.1 Å². The number of nitrogens with zero attached hydrogens (tertiary/aromatic N) is 4. The van der Waals surface area contributed by atoms with Crippen LogP contribution in [0.2, 0.25) is 5.02 Å². The zero-order chi connectivity index (χ0) is 18.6. The van der Waals surface area contributed by atoms with Gasteiger partial charge in [0.1, 0.15) is 5.69 Å². The minimum Gasteiger partial charge on any atom is -0.419 e. The third-order valence-corrected chi connectivity index (χ3v) is 4.93. The van der Waals surface area contributed by atoms with Crippen LogP contribution in [0.25, 0.3) is 11.6 Å². The lowest BCUT2D eigenvalue weighted by Crippen LogP contribution is -2.40. The molecule has 1 unspecified atom stereocenters. The zero-order valence-electron chi connectivity index (χ0n) is 14.7. The molecule has 6 nitrogen and oxygen atoms in total. The summed E-state index contributed by atoms with van der Waals surface area (Å²) in [6.45, 7) is 1.33. The topological polar surface area (TPSA) is 72.1 Å². The Morgan fingerprint density at radius 2 is 2.15 bits per heavy atom. The van der Waals surface area contributed by atoms with Gasteiger partial charge in [0.05, 0.1) is 12.3 Å². The van der Waals surface area contributed by atoms with Gasteiger partial charge in [-0.2, -0.15) is 0 Å². The molecule has 1 saturated heterocycles. The molecule has 3 heterocycles. The van der Waals surface area contributed by atoms with Gasteiger partial charge in [-0.1, -0.05) is 29.8 Å². The van der Waals surface area contributed by atoms with Gasteiger partial charge in [0.25, 0.3) is 5.89 Å². The minimum atomic E-state index is 0.0482. The van der Waals surface area contributed by atoms with Crippen LogP contribution >= 0.6 is 11.6 Å². The number of carbonyl (C=O) groups is 1. The van der Waals surface area contributed by atoms with Crippen molar-refractivity contribution in [2.45, 2.75) is 25.2 Å². The maximum absolute atomic E-state index is 12.7. The molecule has 0 aliphatic carbocycles. The molecule has 1 aliphatic rings. The number of hydrogen-bond acceptors (Lipinski definition) is 5. The highest BCUT2D eigenvalue weighted by Crippen LogP contribution is 2.28. The molecule has 27 heavy (non-hydrogen) atoms. The fourth-order valence-electron chi connectivity index (χ4n) is 3.33. The third kappa shape index (κ3) is 4.17. The summed E-state index contributed by atoms with van der Waals surface area (Å²) < 4.78 is 5.83. The van der Waals surface area contributed by atoms with E-state index in [9.17, 15) is 4.79 Å². The molecule has 3 aromatic rings. The summed E-state index contributed by atoms with van der Waals surface area (Å²) in [5, 5.41) is 8.95. The number of piperidine rings is 1. The number of carbonyl (C=O) groups excluding carboxylic acids is 1. The van der Waals surface area contributed by atoms with Crippen molar-refractivity contribution in [2.24, 2.45) is 0 Å². The van der Waals surface area contributed by atoms with Crippen molar-refractivity contribution in [3.8, 4) is 11.6 Å². The quantitative estimate of drug-likeness (QED) is 0.687.